The molecule has 156 valence electrons. The molecule has 0 saturated heterocycles. The number of rotatable bonds is 7. The summed E-state index contributed by atoms with van der Waals surface area (Å²) in [6.07, 6.45) is 0.901. The van der Waals surface area contributed by atoms with Crippen LogP contribution >= 0.6 is 23.2 Å². The Morgan fingerprint density at radius 1 is 1.14 bits per heavy atom. The Balaban J connectivity index is 2.20. The molecule has 0 aliphatic rings. The van der Waals surface area contributed by atoms with Gasteiger partial charge in [-0.2, -0.15) is 0 Å². The van der Waals surface area contributed by atoms with E-state index in [1.54, 1.807) is 6.92 Å². The minimum Gasteiger partial charge on any atom is -0.462 e. The monoisotopic (exact) mass is 462 g/mol. The van der Waals surface area contributed by atoms with Crippen molar-refractivity contribution in [2.24, 2.45) is 0 Å². The first-order valence-corrected chi connectivity index (χ1v) is 10.8. The lowest BCUT2D eigenvalue weighted by atomic mass is 10.2. The number of carbonyl (C=O) groups is 2. The minimum atomic E-state index is -3.87. The molecule has 1 N–H and O–H groups in total. The molecule has 0 aliphatic heterocycles. The molecule has 2 aromatic carbocycles. The van der Waals surface area contributed by atoms with Gasteiger partial charge in [-0.15, -0.1) is 0 Å². The van der Waals surface area contributed by atoms with E-state index >= 15 is 0 Å². The van der Waals surface area contributed by atoms with Crippen LogP contribution in [0, 0.1) is 5.82 Å². The van der Waals surface area contributed by atoms with E-state index in [-0.39, 0.29) is 33.6 Å². The van der Waals surface area contributed by atoms with Crippen molar-refractivity contribution in [1.82, 2.24) is 0 Å². The molecule has 0 saturated carbocycles. The summed E-state index contributed by atoms with van der Waals surface area (Å²) >= 11 is 11.8. The molecule has 2 rings (SSSR count). The molecule has 0 aromatic heterocycles. The Kier molecular flexibility index (Phi) is 7.45. The summed E-state index contributed by atoms with van der Waals surface area (Å²) < 4.78 is 43.2. The zero-order valence-electron chi connectivity index (χ0n) is 15.4. The number of carbonyl (C=O) groups excluding carboxylic acids is 2. The van der Waals surface area contributed by atoms with E-state index in [0.29, 0.717) is 0 Å². The fraction of sp³-hybridized carbons (Fsp3) is 0.222. The number of nitrogens with one attached hydrogen (secondary N) is 1. The maximum absolute atomic E-state index is 13.4. The first-order chi connectivity index (χ1) is 13.5. The van der Waals surface area contributed by atoms with Crippen molar-refractivity contribution in [3.8, 4) is 0 Å². The standard InChI is InChI=1S/C18H17Cl2FN2O5S/c1-3-28-18(25)11-4-7-16(14(20)8-11)22-17(24)10-23(29(2,26)27)12-5-6-15(21)13(19)9-12/h4-9H,3,10H2,1-2H3,(H,22,24). The van der Waals surface area contributed by atoms with Gasteiger partial charge in [0.25, 0.3) is 0 Å². The first-order valence-electron chi connectivity index (χ1n) is 8.22. The molecule has 0 unspecified atom stereocenters. The summed E-state index contributed by atoms with van der Waals surface area (Å²) in [4.78, 5) is 24.1. The van der Waals surface area contributed by atoms with Gasteiger partial charge in [-0.25, -0.2) is 17.6 Å². The second kappa shape index (κ2) is 9.43. The van der Waals surface area contributed by atoms with Crippen molar-refractivity contribution in [3.05, 3.63) is 57.8 Å². The lowest BCUT2D eigenvalue weighted by Crippen LogP contribution is -2.37. The summed E-state index contributed by atoms with van der Waals surface area (Å²) in [5.41, 5.74) is 0.404. The van der Waals surface area contributed by atoms with Crippen LogP contribution in [-0.4, -0.2) is 39.7 Å². The molecule has 2 aromatic rings. The molecule has 0 fully saturated rings. The zero-order valence-corrected chi connectivity index (χ0v) is 17.7. The summed E-state index contributed by atoms with van der Waals surface area (Å²) in [6, 6.07) is 7.42. The van der Waals surface area contributed by atoms with Crippen molar-refractivity contribution in [2.75, 3.05) is 29.0 Å². The molecule has 0 aliphatic carbocycles. The highest BCUT2D eigenvalue weighted by molar-refractivity contribution is 7.92. The smallest absolute Gasteiger partial charge is 0.338 e. The molecule has 29 heavy (non-hydrogen) atoms. The van der Waals surface area contributed by atoms with E-state index in [4.69, 9.17) is 27.9 Å². The average molecular weight is 463 g/mol. The van der Waals surface area contributed by atoms with Crippen molar-refractivity contribution in [1.29, 1.82) is 0 Å². The molecule has 11 heteroatoms. The van der Waals surface area contributed by atoms with Gasteiger partial charge in [-0.1, -0.05) is 23.2 Å². The summed E-state index contributed by atoms with van der Waals surface area (Å²) in [7, 11) is -3.87. The lowest BCUT2D eigenvalue weighted by Gasteiger charge is -2.22. The summed E-state index contributed by atoms with van der Waals surface area (Å²) in [5.74, 6) is -1.99. The third-order valence-corrected chi connectivity index (χ3v) is 5.38. The Hall–Kier alpha value is -2.36. The van der Waals surface area contributed by atoms with Crippen LogP contribution in [0.4, 0.5) is 15.8 Å². The van der Waals surface area contributed by atoms with Gasteiger partial charge in [0.05, 0.1) is 39.8 Å². The molecule has 0 spiro atoms. The van der Waals surface area contributed by atoms with Crippen molar-refractivity contribution >= 4 is 56.5 Å². The van der Waals surface area contributed by atoms with Gasteiger partial charge in [0, 0.05) is 0 Å². The second-order valence-corrected chi connectivity index (χ2v) is 8.55. The van der Waals surface area contributed by atoms with Crippen LogP contribution in [0.15, 0.2) is 36.4 Å². The van der Waals surface area contributed by atoms with E-state index in [9.17, 15) is 22.4 Å². The highest BCUT2D eigenvalue weighted by Gasteiger charge is 2.22. The van der Waals surface area contributed by atoms with Crippen molar-refractivity contribution in [2.45, 2.75) is 6.92 Å². The Labute approximate surface area is 177 Å². The number of anilines is 2. The van der Waals surface area contributed by atoms with E-state index < -0.39 is 34.3 Å². The van der Waals surface area contributed by atoms with Gasteiger partial charge in [0.15, 0.2) is 0 Å². The maximum Gasteiger partial charge on any atom is 0.338 e. The summed E-state index contributed by atoms with van der Waals surface area (Å²) in [5, 5.41) is 2.26. The largest absolute Gasteiger partial charge is 0.462 e. The topological polar surface area (TPSA) is 92.8 Å². The number of amides is 1. The predicted octanol–water partition coefficient (Wildman–Crippen LogP) is 3.71. The third-order valence-electron chi connectivity index (χ3n) is 3.63. The SMILES string of the molecule is CCOC(=O)c1ccc(NC(=O)CN(c2ccc(F)c(Cl)c2)S(C)(=O)=O)c(Cl)c1. The van der Waals surface area contributed by atoms with Crippen LogP contribution in [0.3, 0.4) is 0 Å². The first kappa shape index (κ1) is 22.9. The fourth-order valence-electron chi connectivity index (χ4n) is 2.32. The van der Waals surface area contributed by atoms with Gasteiger partial charge in [0.1, 0.15) is 12.4 Å². The molecule has 0 bridgehead atoms. The van der Waals surface area contributed by atoms with Crippen molar-refractivity contribution < 1.29 is 27.1 Å². The molecule has 1 amide bonds. The zero-order chi connectivity index (χ0) is 21.8. The van der Waals surface area contributed by atoms with Crippen LogP contribution < -0.4 is 9.62 Å². The Morgan fingerprint density at radius 3 is 2.38 bits per heavy atom. The minimum absolute atomic E-state index is 0.0257. The van der Waals surface area contributed by atoms with Gasteiger partial charge >= 0.3 is 5.97 Å². The normalized spacial score (nSPS) is 11.1. The highest BCUT2D eigenvalue weighted by atomic mass is 35.5. The van der Waals surface area contributed by atoms with Crippen LogP contribution in [0.25, 0.3) is 0 Å². The number of esters is 1. The number of ether oxygens (including phenoxy) is 1. The number of hydrogen-bond acceptors (Lipinski definition) is 5. The molecular weight excluding hydrogens is 446 g/mol. The van der Waals surface area contributed by atoms with Crippen LogP contribution in [0.2, 0.25) is 10.0 Å². The number of benzene rings is 2. The molecule has 7 nitrogen and oxygen atoms in total. The maximum atomic E-state index is 13.4. The highest BCUT2D eigenvalue weighted by Crippen LogP contribution is 2.26. The van der Waals surface area contributed by atoms with E-state index in [0.717, 1.165) is 22.7 Å². The molecule has 0 atom stereocenters. The van der Waals surface area contributed by atoms with Crippen LogP contribution in [0.1, 0.15) is 17.3 Å². The number of sulfonamides is 1. The van der Waals surface area contributed by atoms with E-state index in [2.05, 4.69) is 5.32 Å². The lowest BCUT2D eigenvalue weighted by molar-refractivity contribution is -0.114. The number of nitrogens with zero attached hydrogens (tertiary/aromatic N) is 1. The van der Waals surface area contributed by atoms with E-state index in [1.165, 1.54) is 24.3 Å². The fourth-order valence-corrected chi connectivity index (χ4v) is 3.57. The van der Waals surface area contributed by atoms with Gasteiger partial charge < -0.3 is 10.1 Å². The second-order valence-electron chi connectivity index (χ2n) is 5.83. The predicted molar refractivity (Wildman–Crippen MR) is 110 cm³/mol. The van der Waals surface area contributed by atoms with E-state index in [1.807, 2.05) is 0 Å². The Morgan fingerprint density at radius 2 is 1.83 bits per heavy atom. The molecular formula is C18H17Cl2FN2O5S. The van der Waals surface area contributed by atoms with Crippen molar-refractivity contribution in [3.63, 3.8) is 0 Å². The van der Waals surface area contributed by atoms with Gasteiger partial charge in [-0.05, 0) is 43.3 Å². The third kappa shape index (κ3) is 6.06. The summed E-state index contributed by atoms with van der Waals surface area (Å²) in [6.45, 7) is 1.26. The Bertz CT molecular complexity index is 1050. The van der Waals surface area contributed by atoms with Gasteiger partial charge in [0.2, 0.25) is 15.9 Å². The molecule has 0 radical (unpaired) electrons. The van der Waals surface area contributed by atoms with Gasteiger partial charge in [-0.3, -0.25) is 9.10 Å². The van der Waals surface area contributed by atoms with Crippen LogP contribution in [0.5, 0.6) is 0 Å². The molecule has 0 heterocycles. The number of halogens is 3. The van der Waals surface area contributed by atoms with Crippen LogP contribution in [-0.2, 0) is 19.6 Å². The quantitative estimate of drug-likeness (QED) is 0.632. The number of hydrogen-bond donors (Lipinski definition) is 1. The average Bonchev–Trinajstić information content (AvgIpc) is 2.63.